The van der Waals surface area contributed by atoms with Crippen LogP contribution in [0.15, 0.2) is 18.2 Å². The number of anilines is 1. The predicted octanol–water partition coefficient (Wildman–Crippen LogP) is 2.74. The Balaban J connectivity index is 2.48. The number of hydrogen-bond donors (Lipinski definition) is 1. The molecule has 0 amide bonds. The van der Waals surface area contributed by atoms with Crippen molar-refractivity contribution in [3.63, 3.8) is 0 Å². The first-order valence-corrected chi connectivity index (χ1v) is 6.13. The summed E-state index contributed by atoms with van der Waals surface area (Å²) in [7, 11) is 2.17. The van der Waals surface area contributed by atoms with Crippen LogP contribution in [0.25, 0.3) is 0 Å². The first-order chi connectivity index (χ1) is 7.63. The SMILES string of the molecule is CCNCCCN(C)c1cc(C)cc(C)c1. The highest BCUT2D eigenvalue weighted by atomic mass is 15.1. The first kappa shape index (κ1) is 13.0. The summed E-state index contributed by atoms with van der Waals surface area (Å²) in [5, 5.41) is 3.35. The van der Waals surface area contributed by atoms with Crippen molar-refractivity contribution < 1.29 is 0 Å². The lowest BCUT2D eigenvalue weighted by atomic mass is 10.1. The van der Waals surface area contributed by atoms with Gasteiger partial charge in [0.05, 0.1) is 0 Å². The molecular weight excluding hydrogens is 196 g/mol. The number of nitrogens with zero attached hydrogens (tertiary/aromatic N) is 1. The Bertz CT molecular complexity index is 300. The van der Waals surface area contributed by atoms with Crippen molar-refractivity contribution in [1.29, 1.82) is 0 Å². The van der Waals surface area contributed by atoms with Gasteiger partial charge in [-0.2, -0.15) is 0 Å². The van der Waals surface area contributed by atoms with Crippen LogP contribution in [-0.4, -0.2) is 26.7 Å². The molecule has 1 aromatic rings. The van der Waals surface area contributed by atoms with E-state index in [2.05, 4.69) is 56.2 Å². The van der Waals surface area contributed by atoms with E-state index in [4.69, 9.17) is 0 Å². The fourth-order valence-corrected chi connectivity index (χ4v) is 1.92. The van der Waals surface area contributed by atoms with E-state index in [1.54, 1.807) is 0 Å². The van der Waals surface area contributed by atoms with Gasteiger partial charge in [-0.25, -0.2) is 0 Å². The summed E-state index contributed by atoms with van der Waals surface area (Å²) in [4.78, 5) is 2.33. The largest absolute Gasteiger partial charge is 0.375 e. The van der Waals surface area contributed by atoms with Crippen LogP contribution in [0.2, 0.25) is 0 Å². The predicted molar refractivity (Wildman–Crippen MR) is 72.3 cm³/mol. The van der Waals surface area contributed by atoms with Gasteiger partial charge in [0.2, 0.25) is 0 Å². The zero-order chi connectivity index (χ0) is 12.0. The summed E-state index contributed by atoms with van der Waals surface area (Å²) < 4.78 is 0. The molecule has 0 aliphatic rings. The molecule has 0 saturated heterocycles. The molecule has 0 unspecified atom stereocenters. The highest BCUT2D eigenvalue weighted by Crippen LogP contribution is 2.17. The van der Waals surface area contributed by atoms with Gasteiger partial charge >= 0.3 is 0 Å². The lowest BCUT2D eigenvalue weighted by molar-refractivity contribution is 0.667. The maximum absolute atomic E-state index is 3.35. The van der Waals surface area contributed by atoms with Gasteiger partial charge < -0.3 is 10.2 Å². The van der Waals surface area contributed by atoms with Gasteiger partial charge in [0, 0.05) is 19.3 Å². The molecule has 0 aromatic heterocycles. The minimum absolute atomic E-state index is 1.06. The second-order valence-electron chi connectivity index (χ2n) is 4.47. The van der Waals surface area contributed by atoms with E-state index in [9.17, 15) is 0 Å². The van der Waals surface area contributed by atoms with Gasteiger partial charge in [0.1, 0.15) is 0 Å². The van der Waals surface area contributed by atoms with E-state index in [0.717, 1.165) is 19.6 Å². The molecule has 1 rings (SSSR count). The smallest absolute Gasteiger partial charge is 0.0368 e. The molecule has 0 saturated carbocycles. The topological polar surface area (TPSA) is 15.3 Å². The molecule has 0 spiro atoms. The third-order valence-electron chi connectivity index (χ3n) is 2.74. The van der Waals surface area contributed by atoms with E-state index in [-0.39, 0.29) is 0 Å². The van der Waals surface area contributed by atoms with Gasteiger partial charge in [-0.05, 0) is 56.6 Å². The van der Waals surface area contributed by atoms with Crippen molar-refractivity contribution in [3.05, 3.63) is 29.3 Å². The van der Waals surface area contributed by atoms with Gasteiger partial charge in [-0.3, -0.25) is 0 Å². The monoisotopic (exact) mass is 220 g/mol. The molecule has 90 valence electrons. The summed E-state index contributed by atoms with van der Waals surface area (Å²) in [6.07, 6.45) is 1.19. The Morgan fingerprint density at radius 3 is 2.31 bits per heavy atom. The van der Waals surface area contributed by atoms with Gasteiger partial charge in [-0.1, -0.05) is 13.0 Å². The summed E-state index contributed by atoms with van der Waals surface area (Å²) in [6.45, 7) is 9.73. The van der Waals surface area contributed by atoms with Crippen molar-refractivity contribution in [2.24, 2.45) is 0 Å². The zero-order valence-electron chi connectivity index (χ0n) is 11.0. The third kappa shape index (κ3) is 4.23. The van der Waals surface area contributed by atoms with Crippen LogP contribution in [0.5, 0.6) is 0 Å². The van der Waals surface area contributed by atoms with Crippen LogP contribution in [-0.2, 0) is 0 Å². The fourth-order valence-electron chi connectivity index (χ4n) is 1.92. The number of aryl methyl sites for hydroxylation is 2. The minimum atomic E-state index is 1.06. The molecule has 16 heavy (non-hydrogen) atoms. The van der Waals surface area contributed by atoms with Crippen molar-refractivity contribution in [2.75, 3.05) is 31.6 Å². The van der Waals surface area contributed by atoms with E-state index in [1.165, 1.54) is 23.2 Å². The average Bonchev–Trinajstić information content (AvgIpc) is 2.22. The molecule has 1 N–H and O–H groups in total. The summed E-state index contributed by atoms with van der Waals surface area (Å²) in [5.41, 5.74) is 4.01. The molecule has 0 bridgehead atoms. The molecule has 0 radical (unpaired) electrons. The van der Waals surface area contributed by atoms with E-state index >= 15 is 0 Å². The lowest BCUT2D eigenvalue weighted by Crippen LogP contribution is -2.23. The molecular formula is C14H24N2. The maximum atomic E-state index is 3.35. The fraction of sp³-hybridized carbons (Fsp3) is 0.571. The Labute approximate surface area is 99.7 Å². The Morgan fingerprint density at radius 1 is 1.12 bits per heavy atom. The van der Waals surface area contributed by atoms with Gasteiger partial charge in [0.25, 0.3) is 0 Å². The molecule has 0 atom stereocenters. The van der Waals surface area contributed by atoms with E-state index in [1.807, 2.05) is 0 Å². The third-order valence-corrected chi connectivity index (χ3v) is 2.74. The second kappa shape index (κ2) is 6.54. The normalized spacial score (nSPS) is 10.5. The first-order valence-electron chi connectivity index (χ1n) is 6.13. The van der Waals surface area contributed by atoms with E-state index < -0.39 is 0 Å². The van der Waals surface area contributed by atoms with Crippen molar-refractivity contribution in [3.8, 4) is 0 Å². The molecule has 0 aliphatic carbocycles. The Morgan fingerprint density at radius 2 is 1.75 bits per heavy atom. The van der Waals surface area contributed by atoms with Crippen molar-refractivity contribution in [1.82, 2.24) is 5.32 Å². The highest BCUT2D eigenvalue weighted by Gasteiger charge is 2.01. The zero-order valence-corrected chi connectivity index (χ0v) is 11.0. The van der Waals surface area contributed by atoms with Crippen LogP contribution in [0.4, 0.5) is 5.69 Å². The number of hydrogen-bond acceptors (Lipinski definition) is 2. The maximum Gasteiger partial charge on any atom is 0.0368 e. The van der Waals surface area contributed by atoms with Crippen molar-refractivity contribution >= 4 is 5.69 Å². The number of rotatable bonds is 6. The van der Waals surface area contributed by atoms with E-state index in [0.29, 0.717) is 0 Å². The van der Waals surface area contributed by atoms with Crippen LogP contribution in [0.1, 0.15) is 24.5 Å². The quantitative estimate of drug-likeness (QED) is 0.742. The summed E-state index contributed by atoms with van der Waals surface area (Å²) in [5.74, 6) is 0. The molecule has 0 fully saturated rings. The van der Waals surface area contributed by atoms with Crippen LogP contribution < -0.4 is 10.2 Å². The number of nitrogens with one attached hydrogen (secondary N) is 1. The molecule has 0 heterocycles. The Kier molecular flexibility index (Phi) is 5.33. The van der Waals surface area contributed by atoms with Crippen LogP contribution in [0, 0.1) is 13.8 Å². The molecule has 0 aliphatic heterocycles. The van der Waals surface area contributed by atoms with Gasteiger partial charge in [-0.15, -0.1) is 0 Å². The molecule has 2 nitrogen and oxygen atoms in total. The van der Waals surface area contributed by atoms with Gasteiger partial charge in [0.15, 0.2) is 0 Å². The van der Waals surface area contributed by atoms with Crippen LogP contribution in [0.3, 0.4) is 0 Å². The Hall–Kier alpha value is -1.02. The molecule has 2 heteroatoms. The average molecular weight is 220 g/mol. The highest BCUT2D eigenvalue weighted by molar-refractivity contribution is 5.50. The second-order valence-corrected chi connectivity index (χ2v) is 4.47. The number of benzene rings is 1. The van der Waals surface area contributed by atoms with Crippen LogP contribution >= 0.6 is 0 Å². The summed E-state index contributed by atoms with van der Waals surface area (Å²) in [6, 6.07) is 6.72. The van der Waals surface area contributed by atoms with Crippen molar-refractivity contribution in [2.45, 2.75) is 27.2 Å². The minimum Gasteiger partial charge on any atom is -0.375 e. The summed E-state index contributed by atoms with van der Waals surface area (Å²) >= 11 is 0. The molecule has 1 aromatic carbocycles. The lowest BCUT2D eigenvalue weighted by Gasteiger charge is -2.20. The standard InChI is InChI=1S/C14H24N2/c1-5-15-7-6-8-16(4)14-10-12(2)9-13(3)11-14/h9-11,15H,5-8H2,1-4H3.